The van der Waals surface area contributed by atoms with E-state index in [1.165, 1.54) is 42.4 Å². The van der Waals surface area contributed by atoms with E-state index in [1.807, 2.05) is 18.5 Å². The van der Waals surface area contributed by atoms with Crippen LogP contribution in [0.2, 0.25) is 0 Å². The van der Waals surface area contributed by atoms with Crippen molar-refractivity contribution in [3.8, 4) is 0 Å². The van der Waals surface area contributed by atoms with Gasteiger partial charge in [-0.1, -0.05) is 17.7 Å². The highest BCUT2D eigenvalue weighted by molar-refractivity contribution is 5.89. The summed E-state index contributed by atoms with van der Waals surface area (Å²) < 4.78 is 65.9. The average Bonchev–Trinajstić information content (AvgIpc) is 2.97. The largest absolute Gasteiger partial charge is 0.490 e. The number of rotatable bonds is 2. The van der Waals surface area contributed by atoms with Gasteiger partial charge in [-0.3, -0.25) is 9.88 Å². The lowest BCUT2D eigenvalue weighted by molar-refractivity contribution is -0.193. The van der Waals surface area contributed by atoms with Crippen molar-refractivity contribution in [2.75, 3.05) is 13.1 Å². The lowest BCUT2D eigenvalue weighted by Crippen LogP contribution is -2.29. The summed E-state index contributed by atoms with van der Waals surface area (Å²) in [6.07, 6.45) is 0.574. The van der Waals surface area contributed by atoms with E-state index >= 15 is 0 Å². The van der Waals surface area contributed by atoms with Gasteiger partial charge in [-0.05, 0) is 68.3 Å². The highest BCUT2D eigenvalue weighted by Crippen LogP contribution is 2.41. The van der Waals surface area contributed by atoms with Gasteiger partial charge in [-0.2, -0.15) is 26.3 Å². The normalized spacial score (nSPS) is 18.4. The first kappa shape index (κ1) is 29.7. The summed E-state index contributed by atoms with van der Waals surface area (Å²) in [6, 6.07) is 11.0. The third-order valence-corrected chi connectivity index (χ3v) is 6.25. The Hall–Kier alpha value is -3.87. The molecule has 2 N–H and O–H groups in total. The Morgan fingerprint density at radius 2 is 1.59 bits per heavy atom. The van der Waals surface area contributed by atoms with Gasteiger partial charge in [0.25, 0.3) is 0 Å². The number of nitrogens with zero attached hydrogens (tertiary/aromatic N) is 3. The van der Waals surface area contributed by atoms with Gasteiger partial charge in [0.2, 0.25) is 0 Å². The van der Waals surface area contributed by atoms with Crippen LogP contribution in [-0.2, 0) is 16.1 Å². The van der Waals surface area contributed by atoms with Crippen LogP contribution in [0, 0.1) is 6.92 Å². The number of carbonyl (C=O) groups is 2. The summed E-state index contributed by atoms with van der Waals surface area (Å²) >= 11 is 0. The molecule has 7 nitrogen and oxygen atoms in total. The lowest BCUT2D eigenvalue weighted by Gasteiger charge is -2.27. The fourth-order valence-corrected chi connectivity index (χ4v) is 4.51. The van der Waals surface area contributed by atoms with Crippen LogP contribution < -0.4 is 0 Å². The molecule has 3 aliphatic rings. The number of aromatic nitrogens is 2. The highest BCUT2D eigenvalue weighted by atomic mass is 19.4. The fourth-order valence-electron chi connectivity index (χ4n) is 4.51. The van der Waals surface area contributed by atoms with Crippen LogP contribution >= 0.6 is 0 Å². The maximum absolute atomic E-state index is 10.6. The van der Waals surface area contributed by atoms with Crippen LogP contribution in [0.25, 0.3) is 23.2 Å². The molecule has 3 aromatic rings. The number of carboxylic acids is 2. The van der Waals surface area contributed by atoms with Crippen LogP contribution in [0.3, 0.4) is 0 Å². The van der Waals surface area contributed by atoms with Crippen molar-refractivity contribution in [2.24, 2.45) is 0 Å². The van der Waals surface area contributed by atoms with Crippen LogP contribution in [0.15, 0.2) is 42.7 Å². The highest BCUT2D eigenvalue weighted by Gasteiger charge is 2.39. The average molecular weight is 557 g/mol. The third kappa shape index (κ3) is 7.59. The zero-order valence-corrected chi connectivity index (χ0v) is 20.6. The molecule has 6 rings (SSSR count). The van der Waals surface area contributed by atoms with Gasteiger partial charge in [-0.15, -0.1) is 0 Å². The molecule has 1 saturated heterocycles. The van der Waals surface area contributed by atoms with Gasteiger partial charge in [0.15, 0.2) is 0 Å². The number of hydrogen-bond acceptors (Lipinski definition) is 4. The molecule has 0 unspecified atom stereocenters. The summed E-state index contributed by atoms with van der Waals surface area (Å²) in [7, 11) is 0. The molecule has 1 fully saturated rings. The molecule has 210 valence electrons. The third-order valence-electron chi connectivity index (χ3n) is 6.25. The summed E-state index contributed by atoms with van der Waals surface area (Å²) in [5, 5.41) is 15.7. The first-order valence-corrected chi connectivity index (χ1v) is 11.7. The topological polar surface area (TPSA) is 95.7 Å². The quantitative estimate of drug-likeness (QED) is 0.379. The Kier molecular flexibility index (Phi) is 9.05. The summed E-state index contributed by atoms with van der Waals surface area (Å²) in [6.45, 7) is 5.76. The minimum Gasteiger partial charge on any atom is -0.475 e. The van der Waals surface area contributed by atoms with Gasteiger partial charge >= 0.3 is 24.3 Å². The van der Waals surface area contributed by atoms with E-state index in [9.17, 15) is 26.3 Å². The smallest absolute Gasteiger partial charge is 0.475 e. The van der Waals surface area contributed by atoms with E-state index in [0.29, 0.717) is 5.92 Å². The number of halogens is 6. The Morgan fingerprint density at radius 1 is 1.00 bits per heavy atom. The number of benzene rings is 1. The number of carboxylic acid groups (broad SMARTS) is 2. The summed E-state index contributed by atoms with van der Waals surface area (Å²) in [5.74, 6) is -4.83. The van der Waals surface area contributed by atoms with Crippen molar-refractivity contribution in [3.63, 3.8) is 0 Å². The monoisotopic (exact) mass is 557 g/mol. The molecule has 0 amide bonds. The van der Waals surface area contributed by atoms with Crippen molar-refractivity contribution >= 4 is 35.1 Å². The second-order valence-corrected chi connectivity index (χ2v) is 9.01. The minimum absolute atomic E-state index is 0.681. The summed E-state index contributed by atoms with van der Waals surface area (Å²) in [4.78, 5) is 24.6. The molecule has 0 spiro atoms. The molecule has 13 heteroatoms. The number of pyridine rings is 1. The van der Waals surface area contributed by atoms with Crippen molar-refractivity contribution in [1.29, 1.82) is 0 Å². The van der Waals surface area contributed by atoms with Crippen LogP contribution in [0.1, 0.15) is 41.1 Å². The van der Waals surface area contributed by atoms with Crippen molar-refractivity contribution in [2.45, 2.75) is 44.6 Å². The molecule has 5 heterocycles. The maximum atomic E-state index is 10.6. The van der Waals surface area contributed by atoms with Gasteiger partial charge < -0.3 is 14.8 Å². The summed E-state index contributed by atoms with van der Waals surface area (Å²) in [5.41, 5.74) is 6.92. The molecule has 0 atom stereocenters. The number of piperidine rings is 1. The molecule has 0 aliphatic carbocycles. The van der Waals surface area contributed by atoms with Crippen molar-refractivity contribution in [3.05, 3.63) is 65.1 Å². The van der Waals surface area contributed by atoms with Gasteiger partial charge in [-0.25, -0.2) is 9.59 Å². The fraction of sp³-hybridized carbons (Fsp3) is 0.346. The standard InChI is InChI=1S/C22H23N3.2C2HF3O2/c1-16-4-5-21-19(13-16)20-15-24-10-7-18(8-11-24)22(20)25(21)12-6-17-3-2-9-23-14-17;2*3-2(4,5)1(6)7/h2-6,9,12-14,18H,7-8,10-11,15H2,1H3;2*(H,6,7)/b12-6+;;. The number of hydrogen-bond donors (Lipinski definition) is 2. The second kappa shape index (κ2) is 11.9. The van der Waals surface area contributed by atoms with Gasteiger partial charge in [0.05, 0.1) is 5.52 Å². The maximum Gasteiger partial charge on any atom is 0.490 e. The van der Waals surface area contributed by atoms with E-state index < -0.39 is 24.3 Å². The first-order valence-electron chi connectivity index (χ1n) is 11.7. The predicted molar refractivity (Wildman–Crippen MR) is 131 cm³/mol. The van der Waals surface area contributed by atoms with E-state index in [0.717, 1.165) is 12.1 Å². The SMILES string of the molecule is Cc1ccc2c(c1)c1c(n2/C=C/c2cccnc2)C2CCN(CC2)C1.O=C(O)C(F)(F)F.O=C(O)C(F)(F)F. The zero-order valence-electron chi connectivity index (χ0n) is 20.6. The Morgan fingerprint density at radius 3 is 2.10 bits per heavy atom. The van der Waals surface area contributed by atoms with Crippen LogP contribution in [0.5, 0.6) is 0 Å². The van der Waals surface area contributed by atoms with Crippen molar-refractivity contribution < 1.29 is 46.1 Å². The number of alkyl halides is 6. The molecule has 2 bridgehead atoms. The second-order valence-electron chi connectivity index (χ2n) is 9.01. The van der Waals surface area contributed by atoms with E-state index in [2.05, 4.69) is 57.9 Å². The molecule has 0 saturated carbocycles. The molecule has 1 aromatic carbocycles. The first-order chi connectivity index (χ1) is 18.2. The van der Waals surface area contributed by atoms with E-state index in [-0.39, 0.29) is 0 Å². The molecular formula is C26H25F6N3O4. The molecule has 2 aromatic heterocycles. The minimum atomic E-state index is -5.08. The Balaban J connectivity index is 0.000000251. The number of aliphatic carboxylic acids is 2. The van der Waals surface area contributed by atoms with E-state index in [1.54, 1.807) is 11.3 Å². The van der Waals surface area contributed by atoms with Crippen molar-refractivity contribution in [1.82, 2.24) is 14.5 Å². The van der Waals surface area contributed by atoms with E-state index in [4.69, 9.17) is 19.8 Å². The molecule has 3 aliphatic heterocycles. The molecule has 39 heavy (non-hydrogen) atoms. The number of aryl methyl sites for hydroxylation is 1. The Labute approximate surface area is 219 Å². The lowest BCUT2D eigenvalue weighted by atomic mass is 9.94. The van der Waals surface area contributed by atoms with Crippen LogP contribution in [0.4, 0.5) is 26.3 Å². The predicted octanol–water partition coefficient (Wildman–Crippen LogP) is 5.93. The number of fused-ring (bicyclic) bond motifs is 3. The molecule has 0 radical (unpaired) electrons. The van der Waals surface area contributed by atoms with Gasteiger partial charge in [0, 0.05) is 42.1 Å². The zero-order chi connectivity index (χ0) is 29.0. The Bertz CT molecular complexity index is 1320. The molecular weight excluding hydrogens is 532 g/mol. The van der Waals surface area contributed by atoms with Crippen LogP contribution in [-0.4, -0.2) is 62.0 Å². The van der Waals surface area contributed by atoms with Gasteiger partial charge in [0.1, 0.15) is 0 Å².